The summed E-state index contributed by atoms with van der Waals surface area (Å²) in [5.74, 6) is -0.978. The second-order valence-electron chi connectivity index (χ2n) is 8.19. The molecule has 1 aromatic carbocycles. The summed E-state index contributed by atoms with van der Waals surface area (Å²) in [5, 5.41) is 4.78. The van der Waals surface area contributed by atoms with Gasteiger partial charge in [0.15, 0.2) is 11.0 Å². The van der Waals surface area contributed by atoms with Gasteiger partial charge in [-0.25, -0.2) is 14.2 Å². The van der Waals surface area contributed by atoms with Gasteiger partial charge in [0, 0.05) is 31.2 Å². The van der Waals surface area contributed by atoms with Crippen molar-refractivity contribution in [1.82, 2.24) is 19.5 Å². The molecule has 3 rings (SSSR count). The molecule has 2 amide bonds. The van der Waals surface area contributed by atoms with Crippen molar-refractivity contribution in [1.29, 1.82) is 0 Å². The first kappa shape index (κ1) is 28.5. The highest BCUT2D eigenvalue weighted by Gasteiger charge is 2.37. The van der Waals surface area contributed by atoms with E-state index in [-0.39, 0.29) is 24.2 Å². The van der Waals surface area contributed by atoms with Gasteiger partial charge in [0.25, 0.3) is 0 Å². The number of benzene rings is 1. The van der Waals surface area contributed by atoms with E-state index >= 15 is 0 Å². The molecule has 0 aliphatic carbocycles. The predicted molar refractivity (Wildman–Crippen MR) is 141 cm³/mol. The van der Waals surface area contributed by atoms with Gasteiger partial charge in [-0.2, -0.15) is 0 Å². The fourth-order valence-electron chi connectivity index (χ4n) is 3.84. The van der Waals surface area contributed by atoms with Crippen molar-refractivity contribution < 1.29 is 23.6 Å². The number of Topliss-reactive ketones (excluding diaryl/α,β-unsaturated/α-hetero) is 1. The number of nitrogens with one attached hydrogen (secondary N) is 1. The molecule has 1 aliphatic heterocycles. The second-order valence-corrected chi connectivity index (χ2v) is 9.83. The van der Waals surface area contributed by atoms with E-state index in [9.17, 15) is 14.4 Å². The molecule has 1 saturated heterocycles. The topological polar surface area (TPSA) is 165 Å². The average Bonchev–Trinajstić information content (AvgIpc) is 3.43. The van der Waals surface area contributed by atoms with Crippen molar-refractivity contribution in [2.24, 2.45) is 16.5 Å². The van der Waals surface area contributed by atoms with Crippen molar-refractivity contribution in [3.63, 3.8) is 0 Å². The molecule has 5 N–H and O–H groups in total. The Morgan fingerprint density at radius 3 is 2.76 bits per heavy atom. The van der Waals surface area contributed by atoms with E-state index in [1.165, 1.54) is 29.5 Å². The van der Waals surface area contributed by atoms with Crippen LogP contribution in [0.15, 0.2) is 46.9 Å². The predicted octanol–water partition coefficient (Wildman–Crippen LogP) is 0.761. The van der Waals surface area contributed by atoms with E-state index in [0.29, 0.717) is 43.9 Å². The first-order valence-electron chi connectivity index (χ1n) is 11.6. The number of rotatable bonds is 14. The third-order valence-corrected chi connectivity index (χ3v) is 7.19. The molecule has 1 fully saturated rings. The molecule has 0 bridgehead atoms. The monoisotopic (exact) mass is 549 g/mol. The molecule has 1 aromatic heterocycles. The van der Waals surface area contributed by atoms with Gasteiger partial charge in [-0.15, -0.1) is 15.7 Å². The molecule has 0 saturated carbocycles. The fourth-order valence-corrected chi connectivity index (χ4v) is 5.04. The van der Waals surface area contributed by atoms with Crippen LogP contribution in [0, 0.1) is 0 Å². The maximum Gasteiger partial charge on any atom is 0.241 e. The average molecular weight is 550 g/mol. The Kier molecular flexibility index (Phi) is 11.3. The van der Waals surface area contributed by atoms with Crippen molar-refractivity contribution in [2.75, 3.05) is 33.3 Å². The standard InChI is InChI=1S/C23H31N7O5S2/c1-34-35-37-30-12-11-29(22(33)18(30)14-16-6-3-2-4-7-16)15-19(31)28-17(8-5-9-27-23(24)25)20(32)21-26-10-13-36-21/h2-4,6-7,10,13,17-18H,5,8-9,11-12,14-15H2,1H3,(H,28,31)(H4,24,25,27). The summed E-state index contributed by atoms with van der Waals surface area (Å²) < 4.78 is 6.80. The van der Waals surface area contributed by atoms with Gasteiger partial charge in [0.05, 0.1) is 19.7 Å². The minimum atomic E-state index is -0.810. The zero-order valence-electron chi connectivity index (χ0n) is 20.4. The third kappa shape index (κ3) is 8.79. The zero-order chi connectivity index (χ0) is 26.6. The Balaban J connectivity index is 1.66. The number of aliphatic imine (C=N–C) groups is 1. The van der Waals surface area contributed by atoms with Gasteiger partial charge in [-0.05, 0) is 24.8 Å². The number of carbonyl (C=O) groups is 3. The maximum atomic E-state index is 13.4. The number of nitrogens with two attached hydrogens (primary N) is 2. The van der Waals surface area contributed by atoms with E-state index in [1.807, 2.05) is 30.3 Å². The summed E-state index contributed by atoms with van der Waals surface area (Å²) in [7, 11) is 1.39. The van der Waals surface area contributed by atoms with Crippen molar-refractivity contribution >= 4 is 47.1 Å². The van der Waals surface area contributed by atoms with Crippen LogP contribution < -0.4 is 16.8 Å². The number of nitrogens with zero attached hydrogens (tertiary/aromatic N) is 4. The fraction of sp³-hybridized carbons (Fsp3) is 0.435. The highest BCUT2D eigenvalue weighted by atomic mass is 32.2. The molecule has 2 heterocycles. The molecular formula is C23H31N7O5S2. The zero-order valence-corrected chi connectivity index (χ0v) is 22.1. The molecule has 14 heteroatoms. The first-order chi connectivity index (χ1) is 17.9. The smallest absolute Gasteiger partial charge is 0.241 e. The summed E-state index contributed by atoms with van der Waals surface area (Å²) in [4.78, 5) is 53.5. The van der Waals surface area contributed by atoms with Crippen LogP contribution in [0.5, 0.6) is 0 Å². The Labute approximate surface area is 223 Å². The molecule has 37 heavy (non-hydrogen) atoms. The van der Waals surface area contributed by atoms with Crippen LogP contribution in [-0.2, 0) is 25.2 Å². The highest BCUT2D eigenvalue weighted by Crippen LogP contribution is 2.24. The number of thiazole rings is 1. The van der Waals surface area contributed by atoms with Gasteiger partial charge in [0.2, 0.25) is 17.6 Å². The molecule has 200 valence electrons. The SMILES string of the molecule is COOSN1CCN(CC(=O)NC(CCCN=C(N)N)C(=O)c2nccs2)C(=O)C1Cc1ccccc1. The summed E-state index contributed by atoms with van der Waals surface area (Å²) in [6.45, 7) is 0.920. The number of aromatic nitrogens is 1. The van der Waals surface area contributed by atoms with Gasteiger partial charge in [-0.1, -0.05) is 30.3 Å². The molecule has 0 radical (unpaired) electrons. The number of amides is 2. The van der Waals surface area contributed by atoms with Crippen LogP contribution >= 0.6 is 23.6 Å². The molecule has 2 aromatic rings. The number of hydrogen-bond donors (Lipinski definition) is 3. The molecular weight excluding hydrogens is 518 g/mol. The Morgan fingerprint density at radius 2 is 2.08 bits per heavy atom. The van der Waals surface area contributed by atoms with Crippen LogP contribution in [0.25, 0.3) is 0 Å². The summed E-state index contributed by atoms with van der Waals surface area (Å²) >= 11 is 2.16. The third-order valence-electron chi connectivity index (χ3n) is 5.58. The quantitative estimate of drug-likeness (QED) is 0.0448. The number of piperazine rings is 1. The second kappa shape index (κ2) is 14.6. The Hall–Kier alpha value is -3.04. The van der Waals surface area contributed by atoms with Crippen molar-refractivity contribution in [3.8, 4) is 0 Å². The lowest BCUT2D eigenvalue weighted by atomic mass is 10.0. The number of ketones is 1. The van der Waals surface area contributed by atoms with Gasteiger partial charge < -0.3 is 21.7 Å². The summed E-state index contributed by atoms with van der Waals surface area (Å²) in [6.07, 6.45) is 2.78. The Morgan fingerprint density at radius 1 is 1.30 bits per heavy atom. The lowest BCUT2D eigenvalue weighted by Gasteiger charge is -2.38. The van der Waals surface area contributed by atoms with Gasteiger partial charge >= 0.3 is 0 Å². The molecule has 2 unspecified atom stereocenters. The van der Waals surface area contributed by atoms with Crippen molar-refractivity contribution in [3.05, 3.63) is 52.5 Å². The minimum Gasteiger partial charge on any atom is -0.370 e. The number of hydrogen-bond acceptors (Lipinski definition) is 10. The first-order valence-corrected chi connectivity index (χ1v) is 13.2. The maximum absolute atomic E-state index is 13.4. The van der Waals surface area contributed by atoms with E-state index in [1.54, 1.807) is 9.69 Å². The highest BCUT2D eigenvalue weighted by molar-refractivity contribution is 7.92. The van der Waals surface area contributed by atoms with Gasteiger partial charge in [-0.3, -0.25) is 19.4 Å². The van der Waals surface area contributed by atoms with E-state index in [4.69, 9.17) is 20.7 Å². The summed E-state index contributed by atoms with van der Waals surface area (Å²) in [6, 6.07) is 8.23. The van der Waals surface area contributed by atoms with Crippen LogP contribution in [0.2, 0.25) is 0 Å². The van der Waals surface area contributed by atoms with Crippen LogP contribution in [0.1, 0.15) is 28.2 Å². The van der Waals surface area contributed by atoms with Crippen LogP contribution in [-0.4, -0.2) is 83.1 Å². The molecule has 1 aliphatic rings. The van der Waals surface area contributed by atoms with E-state index in [2.05, 4.69) is 15.3 Å². The van der Waals surface area contributed by atoms with Gasteiger partial charge in [0.1, 0.15) is 18.3 Å². The molecule has 0 spiro atoms. The largest absolute Gasteiger partial charge is 0.370 e. The Bertz CT molecular complexity index is 1050. The minimum absolute atomic E-state index is 0.0383. The lowest BCUT2D eigenvalue weighted by molar-refractivity contribution is -0.166. The number of guanidine groups is 1. The summed E-state index contributed by atoms with van der Waals surface area (Å²) in [5.41, 5.74) is 11.7. The van der Waals surface area contributed by atoms with Crippen LogP contribution in [0.4, 0.5) is 0 Å². The number of carbonyl (C=O) groups excluding carboxylic acids is 3. The lowest BCUT2D eigenvalue weighted by Crippen LogP contribution is -2.58. The molecule has 2 atom stereocenters. The van der Waals surface area contributed by atoms with Crippen molar-refractivity contribution in [2.45, 2.75) is 31.3 Å². The molecule has 12 nitrogen and oxygen atoms in total. The van der Waals surface area contributed by atoms with E-state index < -0.39 is 18.0 Å². The van der Waals surface area contributed by atoms with E-state index in [0.717, 1.165) is 17.8 Å². The normalized spacial score (nSPS) is 16.8. The van der Waals surface area contributed by atoms with Crippen LogP contribution in [0.3, 0.4) is 0 Å².